The average Bonchev–Trinajstić information content (AvgIpc) is 2.04. The quantitative estimate of drug-likeness (QED) is 0.613. The number of rotatable bonds is 5. The molecule has 0 radical (unpaired) electrons. The van der Waals surface area contributed by atoms with Gasteiger partial charge in [-0.2, -0.15) is 11.8 Å². The van der Waals surface area contributed by atoms with E-state index in [4.69, 9.17) is 17.9 Å². The molecule has 82 valence electrons. The highest BCUT2D eigenvalue weighted by atomic mass is 35.5. The Hall–Kier alpha value is 0.320. The standard InChI is InChI=1S/C6H14N2O2S.2ClH/c1-6(8,5(9)10)4-11-3-2-7;;/h2-4,7-8H2,1H3,(H,9,10);2*1H/t6-;;/m0../s1/i1D;;. The maximum Gasteiger partial charge on any atom is 0.324 e. The van der Waals surface area contributed by atoms with Crippen LogP contribution in [0.5, 0.6) is 0 Å². The second-order valence-corrected chi connectivity index (χ2v) is 3.41. The molecule has 0 rings (SSSR count). The van der Waals surface area contributed by atoms with Crippen molar-refractivity contribution in [1.29, 1.82) is 0 Å². The summed E-state index contributed by atoms with van der Waals surface area (Å²) in [6, 6.07) is 0. The summed E-state index contributed by atoms with van der Waals surface area (Å²) in [5, 5.41) is 8.64. The van der Waals surface area contributed by atoms with E-state index in [1.807, 2.05) is 0 Å². The van der Waals surface area contributed by atoms with Gasteiger partial charge in [0, 0.05) is 19.4 Å². The van der Waals surface area contributed by atoms with Crippen LogP contribution in [0.15, 0.2) is 0 Å². The molecule has 0 heterocycles. The minimum absolute atomic E-state index is 0. The van der Waals surface area contributed by atoms with Crippen molar-refractivity contribution in [2.75, 3.05) is 18.1 Å². The third kappa shape index (κ3) is 8.64. The van der Waals surface area contributed by atoms with Crippen molar-refractivity contribution < 1.29 is 11.3 Å². The van der Waals surface area contributed by atoms with Gasteiger partial charge >= 0.3 is 5.97 Å². The summed E-state index contributed by atoms with van der Waals surface area (Å²) in [5.41, 5.74) is 9.23. The largest absolute Gasteiger partial charge is 0.480 e. The maximum absolute atomic E-state index is 10.6. The Balaban J connectivity index is -0.000000605. The highest BCUT2D eigenvalue weighted by Crippen LogP contribution is 2.09. The molecule has 13 heavy (non-hydrogen) atoms. The first-order valence-corrected chi connectivity index (χ1v) is 4.31. The van der Waals surface area contributed by atoms with Crippen LogP contribution in [0.25, 0.3) is 0 Å². The molecule has 5 N–H and O–H groups in total. The van der Waals surface area contributed by atoms with Crippen molar-refractivity contribution >= 4 is 42.5 Å². The van der Waals surface area contributed by atoms with Crippen LogP contribution in [0.2, 0.25) is 0 Å². The Labute approximate surface area is 96.0 Å². The first-order valence-electron chi connectivity index (χ1n) is 3.87. The average molecular weight is 252 g/mol. The van der Waals surface area contributed by atoms with Gasteiger partial charge in [0.15, 0.2) is 0 Å². The lowest BCUT2D eigenvalue weighted by Crippen LogP contribution is -2.47. The van der Waals surface area contributed by atoms with Gasteiger partial charge in [-0.25, -0.2) is 0 Å². The van der Waals surface area contributed by atoms with Crippen LogP contribution in [0, 0.1) is 0 Å². The number of carbonyl (C=O) groups is 1. The zero-order valence-electron chi connectivity index (χ0n) is 8.06. The molecule has 0 bridgehead atoms. The molecule has 0 saturated heterocycles. The van der Waals surface area contributed by atoms with Crippen molar-refractivity contribution in [3.05, 3.63) is 0 Å². The van der Waals surface area contributed by atoms with Crippen LogP contribution in [0.4, 0.5) is 0 Å². The molecular weight excluding hydrogens is 235 g/mol. The zero-order chi connectivity index (χ0) is 9.61. The third-order valence-electron chi connectivity index (χ3n) is 1.05. The molecule has 0 amide bonds. The molecule has 0 aliphatic carbocycles. The number of carboxylic acid groups (broad SMARTS) is 1. The van der Waals surface area contributed by atoms with Gasteiger partial charge in [0.25, 0.3) is 0 Å². The van der Waals surface area contributed by atoms with E-state index in [9.17, 15) is 4.79 Å². The summed E-state index contributed by atoms with van der Waals surface area (Å²) in [4.78, 5) is 10.6. The molecule has 7 heteroatoms. The van der Waals surface area contributed by atoms with Gasteiger partial charge in [0.2, 0.25) is 0 Å². The number of nitrogens with two attached hydrogens (primary N) is 2. The number of carboxylic acids is 1. The summed E-state index contributed by atoms with van der Waals surface area (Å²) in [5.74, 6) is -0.211. The fraction of sp³-hybridized carbons (Fsp3) is 0.833. The van der Waals surface area contributed by atoms with E-state index in [-0.39, 0.29) is 37.5 Å². The monoisotopic (exact) mass is 251 g/mol. The molecule has 4 nitrogen and oxygen atoms in total. The second kappa shape index (κ2) is 8.90. The van der Waals surface area contributed by atoms with E-state index in [0.29, 0.717) is 12.3 Å². The van der Waals surface area contributed by atoms with Crippen molar-refractivity contribution in [3.63, 3.8) is 0 Å². The second-order valence-electron chi connectivity index (χ2n) is 2.30. The zero-order valence-corrected chi connectivity index (χ0v) is 9.51. The van der Waals surface area contributed by atoms with E-state index in [2.05, 4.69) is 0 Å². The molecule has 1 atom stereocenters. The van der Waals surface area contributed by atoms with E-state index in [0.717, 1.165) is 0 Å². The van der Waals surface area contributed by atoms with Gasteiger partial charge in [0.1, 0.15) is 5.54 Å². The number of hydrogen-bond donors (Lipinski definition) is 3. The topological polar surface area (TPSA) is 89.3 Å². The molecule has 0 unspecified atom stereocenters. The van der Waals surface area contributed by atoms with Crippen LogP contribution in [-0.2, 0) is 4.79 Å². The first-order chi connectivity index (χ1) is 5.56. The van der Waals surface area contributed by atoms with Gasteiger partial charge in [-0.1, -0.05) is 0 Å². The van der Waals surface area contributed by atoms with E-state index in [1.54, 1.807) is 0 Å². The van der Waals surface area contributed by atoms with Crippen molar-refractivity contribution in [1.82, 2.24) is 0 Å². The van der Waals surface area contributed by atoms with Crippen LogP contribution in [-0.4, -0.2) is 34.7 Å². The summed E-state index contributed by atoms with van der Waals surface area (Å²) in [6.45, 7) is 0.193. The maximum atomic E-state index is 10.6. The molecule has 0 aliphatic rings. The highest BCUT2D eigenvalue weighted by Gasteiger charge is 2.27. The van der Waals surface area contributed by atoms with E-state index in [1.165, 1.54) is 11.8 Å². The van der Waals surface area contributed by atoms with Crippen molar-refractivity contribution in [3.8, 4) is 0 Å². The molecular formula is C6H16Cl2N2O2S. The molecule has 0 aromatic carbocycles. The van der Waals surface area contributed by atoms with E-state index >= 15 is 0 Å². The molecule has 0 aromatic rings. The SMILES string of the molecule is Cl.Cl.[2H]C[C@](N)(CSCCN)C(=O)O. The Morgan fingerprint density at radius 1 is 1.69 bits per heavy atom. The summed E-state index contributed by atoms with van der Waals surface area (Å²) in [7, 11) is 0. The van der Waals surface area contributed by atoms with Crippen molar-refractivity contribution in [2.45, 2.75) is 12.4 Å². The molecule has 0 aliphatic heterocycles. The molecule has 0 saturated carbocycles. The fourth-order valence-electron chi connectivity index (χ4n) is 0.399. The number of hydrogen-bond acceptors (Lipinski definition) is 4. The van der Waals surface area contributed by atoms with Gasteiger partial charge in [0.05, 0.1) is 0 Å². The predicted octanol–water partition coefficient (Wildman–Crippen LogP) is 0.324. The normalized spacial score (nSPS) is 14.5. The van der Waals surface area contributed by atoms with Crippen LogP contribution in [0.1, 0.15) is 8.27 Å². The first kappa shape index (κ1) is 15.8. The molecule has 0 fully saturated rings. The van der Waals surface area contributed by atoms with Gasteiger partial charge in [-0.05, 0) is 6.90 Å². The lowest BCUT2D eigenvalue weighted by Gasteiger charge is -2.17. The third-order valence-corrected chi connectivity index (χ3v) is 2.29. The van der Waals surface area contributed by atoms with E-state index < -0.39 is 11.5 Å². The number of halogens is 2. The lowest BCUT2D eigenvalue weighted by molar-refractivity contribution is -0.141. The van der Waals surface area contributed by atoms with Gasteiger partial charge < -0.3 is 16.6 Å². The van der Waals surface area contributed by atoms with Crippen molar-refractivity contribution in [2.24, 2.45) is 11.5 Å². The molecule has 0 spiro atoms. The summed E-state index contributed by atoms with van der Waals surface area (Å²) in [6.07, 6.45) is 0. The van der Waals surface area contributed by atoms with Gasteiger partial charge in [-0.15, -0.1) is 24.8 Å². The Bertz CT molecular complexity index is 167. The Morgan fingerprint density at radius 3 is 2.54 bits per heavy atom. The number of aliphatic carboxylic acids is 1. The van der Waals surface area contributed by atoms with Crippen LogP contribution >= 0.6 is 36.6 Å². The Morgan fingerprint density at radius 2 is 2.23 bits per heavy atom. The summed E-state index contributed by atoms with van der Waals surface area (Å²) >= 11 is 1.36. The minimum Gasteiger partial charge on any atom is -0.480 e. The smallest absolute Gasteiger partial charge is 0.324 e. The Kier molecular flexibility index (Phi) is 10.8. The predicted molar refractivity (Wildman–Crippen MR) is 61.1 cm³/mol. The van der Waals surface area contributed by atoms with Gasteiger partial charge in [-0.3, -0.25) is 4.79 Å². The number of thioether (sulfide) groups is 1. The highest BCUT2D eigenvalue weighted by molar-refractivity contribution is 7.99. The van der Waals surface area contributed by atoms with Crippen LogP contribution < -0.4 is 11.5 Å². The fourth-order valence-corrected chi connectivity index (χ4v) is 1.20. The summed E-state index contributed by atoms with van der Waals surface area (Å²) < 4.78 is 6.97. The minimum atomic E-state index is -1.42. The lowest BCUT2D eigenvalue weighted by atomic mass is 10.1. The van der Waals surface area contributed by atoms with Crippen LogP contribution in [0.3, 0.4) is 0 Å². The molecule has 0 aromatic heterocycles.